The van der Waals surface area contributed by atoms with E-state index in [0.29, 0.717) is 12.8 Å². The maximum absolute atomic E-state index is 13.8. The SMILES string of the molecule is C[C@]12CCCC(=O)C1CC[C@@H]2C1(C/C=C/C(O)(C(F)(F)F)C(F)(F)F)CC1.C[C@]12CCCC(=O)C1CC[C@@H]2C1(C/C=C/C(O[Si](C)(C)C)(C(F)(F)F)C(F)(F)F)CC1. The van der Waals surface area contributed by atoms with Crippen LogP contribution in [-0.2, 0) is 14.0 Å². The van der Waals surface area contributed by atoms with Crippen LogP contribution in [0.2, 0.25) is 19.6 Å². The van der Waals surface area contributed by atoms with Crippen LogP contribution < -0.4 is 0 Å². The minimum atomic E-state index is -5.83. The Kier molecular flexibility index (Phi) is 12.3. The Morgan fingerprint density at radius 3 is 1.28 bits per heavy atom. The second kappa shape index (κ2) is 15.2. The number of carbonyl (C=O) groups is 2. The molecule has 6 saturated carbocycles. The molecular weight excluding hydrogens is 813 g/mol. The number of hydrogen-bond acceptors (Lipinski definition) is 4. The predicted molar refractivity (Wildman–Crippen MR) is 194 cm³/mol. The van der Waals surface area contributed by atoms with E-state index in [1.807, 2.05) is 0 Å². The minimum absolute atomic E-state index is 0.0210. The molecular formula is C41H56F12O4Si. The van der Waals surface area contributed by atoms with Crippen LogP contribution >= 0.6 is 0 Å². The van der Waals surface area contributed by atoms with Crippen molar-refractivity contribution in [2.45, 2.75) is 172 Å². The Labute approximate surface area is 333 Å². The average Bonchev–Trinajstić information content (AvgIpc) is 3.94. The van der Waals surface area contributed by atoms with Gasteiger partial charge in [-0.2, -0.15) is 52.7 Å². The highest BCUT2D eigenvalue weighted by Crippen LogP contribution is 2.70. The molecule has 1 N–H and O–H groups in total. The molecule has 0 spiro atoms. The third kappa shape index (κ3) is 8.49. The summed E-state index contributed by atoms with van der Waals surface area (Å²) in [5.41, 5.74) is -10.2. The van der Waals surface area contributed by atoms with Crippen LogP contribution in [0.4, 0.5) is 52.7 Å². The lowest BCUT2D eigenvalue weighted by atomic mass is 9.60. The van der Waals surface area contributed by atoms with Gasteiger partial charge in [-0.25, -0.2) is 0 Å². The molecule has 0 aromatic rings. The van der Waals surface area contributed by atoms with E-state index in [1.54, 1.807) is 0 Å². The summed E-state index contributed by atoms with van der Waals surface area (Å²) < 4.78 is 164. The number of allylic oxidation sites excluding steroid dienone is 2. The third-order valence-corrected chi connectivity index (χ3v) is 15.9. The normalized spacial score (nSPS) is 32.9. The third-order valence-electron chi connectivity index (χ3n) is 14.9. The van der Waals surface area contributed by atoms with Gasteiger partial charge in [0.15, 0.2) is 8.32 Å². The largest absolute Gasteiger partial charge is 0.429 e. The fraction of sp³-hybridized carbons (Fsp3) is 0.854. The van der Waals surface area contributed by atoms with Crippen molar-refractivity contribution in [1.82, 2.24) is 0 Å². The second-order valence-corrected chi connectivity index (χ2v) is 24.1. The van der Waals surface area contributed by atoms with E-state index >= 15 is 0 Å². The Balaban J connectivity index is 0.000000223. The smallest absolute Gasteiger partial charge is 0.394 e. The molecule has 0 aromatic heterocycles. The standard InChI is InChI=1S/C22H32F6O2Si.C19H24F6O2/c1-18-10-5-7-16(29)15(18)8-9-17(18)19(13-14-19)11-6-12-20(21(23,24)25,22(26,27)28)30-31(2,3)4;1-15-7-2-4-13(26)12(15)5-6-14(15)16(10-11-16)8-3-9-17(27,18(20,21)22)19(23,24)25/h6,12,15,17H,5,7-11,13-14H2,1-4H3;3,9,12,14,27H,2,4-8,10-11H2,1H3/b12-6+;9-3+/t15?,17-,18-;12?,14-,15-/m00/s1. The van der Waals surface area contributed by atoms with Crippen molar-refractivity contribution < 1.29 is 71.8 Å². The van der Waals surface area contributed by atoms with Gasteiger partial charge >= 0.3 is 24.7 Å². The van der Waals surface area contributed by atoms with Gasteiger partial charge in [-0.15, -0.1) is 0 Å². The maximum atomic E-state index is 13.8. The minimum Gasteiger partial charge on any atom is -0.394 e. The number of aliphatic hydroxyl groups is 1. The molecule has 332 valence electrons. The summed E-state index contributed by atoms with van der Waals surface area (Å²) in [6, 6.07) is 0. The zero-order valence-electron chi connectivity index (χ0n) is 33.6. The molecule has 6 fully saturated rings. The molecule has 0 heterocycles. The van der Waals surface area contributed by atoms with E-state index in [-0.39, 0.29) is 81.9 Å². The van der Waals surface area contributed by atoms with Crippen molar-refractivity contribution in [1.29, 1.82) is 0 Å². The van der Waals surface area contributed by atoms with Gasteiger partial charge in [-0.1, -0.05) is 26.0 Å². The number of rotatable bonds is 10. The Morgan fingerprint density at radius 2 is 0.966 bits per heavy atom. The summed E-state index contributed by atoms with van der Waals surface area (Å²) in [5, 5.41) is 9.26. The highest BCUT2D eigenvalue weighted by atomic mass is 28.4. The first-order valence-corrected chi connectivity index (χ1v) is 23.8. The fourth-order valence-corrected chi connectivity index (χ4v) is 13.1. The van der Waals surface area contributed by atoms with Crippen LogP contribution in [0.5, 0.6) is 0 Å². The van der Waals surface area contributed by atoms with E-state index < -0.39 is 44.2 Å². The van der Waals surface area contributed by atoms with E-state index in [4.69, 9.17) is 4.43 Å². The zero-order valence-corrected chi connectivity index (χ0v) is 34.6. The molecule has 6 aliphatic rings. The van der Waals surface area contributed by atoms with Crippen LogP contribution in [0.15, 0.2) is 24.3 Å². The zero-order chi connectivity index (χ0) is 43.8. The lowest BCUT2D eigenvalue weighted by Gasteiger charge is -2.43. The topological polar surface area (TPSA) is 63.6 Å². The summed E-state index contributed by atoms with van der Waals surface area (Å²) in [6.45, 7) is 8.09. The Bertz CT molecular complexity index is 1570. The number of alkyl halides is 12. The van der Waals surface area contributed by atoms with Gasteiger partial charge in [0.2, 0.25) is 0 Å². The van der Waals surface area contributed by atoms with Crippen LogP contribution in [-0.4, -0.2) is 60.9 Å². The first-order valence-electron chi connectivity index (χ1n) is 20.3. The first kappa shape index (κ1) is 47.2. The van der Waals surface area contributed by atoms with Gasteiger partial charge in [0.05, 0.1) is 0 Å². The molecule has 4 nitrogen and oxygen atoms in total. The Hall–Kier alpha value is -1.88. The first-order chi connectivity index (χ1) is 26.2. The van der Waals surface area contributed by atoms with Crippen LogP contribution in [0.1, 0.15) is 117 Å². The fourth-order valence-electron chi connectivity index (χ4n) is 11.8. The van der Waals surface area contributed by atoms with Crippen molar-refractivity contribution in [3.63, 3.8) is 0 Å². The van der Waals surface area contributed by atoms with Gasteiger partial charge in [-0.05, 0) is 155 Å². The molecule has 6 rings (SSSR count). The van der Waals surface area contributed by atoms with Crippen molar-refractivity contribution in [2.75, 3.05) is 0 Å². The lowest BCUT2D eigenvalue weighted by Crippen LogP contribution is -2.61. The van der Waals surface area contributed by atoms with Gasteiger partial charge in [0, 0.05) is 24.7 Å². The number of fused-ring (bicyclic) bond motifs is 2. The van der Waals surface area contributed by atoms with Gasteiger partial charge in [0.1, 0.15) is 11.6 Å². The van der Waals surface area contributed by atoms with Gasteiger partial charge in [0.25, 0.3) is 11.2 Å². The van der Waals surface area contributed by atoms with Gasteiger partial charge < -0.3 is 9.53 Å². The molecule has 0 bridgehead atoms. The molecule has 17 heteroatoms. The van der Waals surface area contributed by atoms with Gasteiger partial charge in [-0.3, -0.25) is 9.59 Å². The molecule has 0 amide bonds. The number of carbonyl (C=O) groups excluding carboxylic acids is 2. The molecule has 0 saturated heterocycles. The highest BCUT2D eigenvalue weighted by molar-refractivity contribution is 6.69. The summed E-state index contributed by atoms with van der Waals surface area (Å²) in [7, 11) is -3.19. The molecule has 6 aliphatic carbocycles. The second-order valence-electron chi connectivity index (χ2n) is 19.7. The highest BCUT2D eigenvalue weighted by Gasteiger charge is 2.72. The number of Topliss-reactive ketones (excluding diaryl/α,β-unsaturated/α-hetero) is 2. The molecule has 58 heavy (non-hydrogen) atoms. The number of ketones is 2. The monoisotopic (exact) mass is 868 g/mol. The van der Waals surface area contributed by atoms with Crippen molar-refractivity contribution in [3.05, 3.63) is 24.3 Å². The number of hydrogen-bond donors (Lipinski definition) is 1. The van der Waals surface area contributed by atoms with Crippen LogP contribution in [0.3, 0.4) is 0 Å². The van der Waals surface area contributed by atoms with Crippen molar-refractivity contribution in [2.24, 2.45) is 45.3 Å². The molecule has 0 aromatic carbocycles. The maximum Gasteiger partial charge on any atom is 0.429 e. The number of halogens is 12. The molecule has 0 aliphatic heterocycles. The summed E-state index contributed by atoms with van der Waals surface area (Å²) in [4.78, 5) is 24.6. The summed E-state index contributed by atoms with van der Waals surface area (Å²) in [6.07, 6.45) is -10.1. The van der Waals surface area contributed by atoms with Crippen LogP contribution in [0.25, 0.3) is 0 Å². The van der Waals surface area contributed by atoms with Crippen LogP contribution in [0, 0.1) is 45.3 Å². The average molecular weight is 869 g/mol. The summed E-state index contributed by atoms with van der Waals surface area (Å²) >= 11 is 0. The van der Waals surface area contributed by atoms with E-state index in [1.165, 1.54) is 19.6 Å². The Morgan fingerprint density at radius 1 is 0.603 bits per heavy atom. The quantitative estimate of drug-likeness (QED) is 0.135. The van der Waals surface area contributed by atoms with E-state index in [0.717, 1.165) is 89.2 Å². The van der Waals surface area contributed by atoms with E-state index in [9.17, 15) is 67.4 Å². The van der Waals surface area contributed by atoms with Crippen molar-refractivity contribution in [3.8, 4) is 0 Å². The molecule has 0 radical (unpaired) electrons. The lowest BCUT2D eigenvalue weighted by molar-refractivity contribution is -0.347. The van der Waals surface area contributed by atoms with E-state index in [2.05, 4.69) is 13.8 Å². The predicted octanol–water partition coefficient (Wildman–Crippen LogP) is 12.6. The van der Waals surface area contributed by atoms with Crippen molar-refractivity contribution >= 4 is 19.9 Å². The summed E-state index contributed by atoms with van der Waals surface area (Å²) in [5.74, 6) is 0.713. The molecule has 6 atom stereocenters. The molecule has 2 unspecified atom stereocenters.